The second-order valence-corrected chi connectivity index (χ2v) is 9.85. The highest BCUT2D eigenvalue weighted by Gasteiger charge is 2.32. The van der Waals surface area contributed by atoms with Crippen molar-refractivity contribution in [3.05, 3.63) is 69.3 Å². The maximum Gasteiger partial charge on any atom is 0.339 e. The van der Waals surface area contributed by atoms with Crippen LogP contribution < -0.4 is 4.90 Å². The Kier molecular flexibility index (Phi) is 8.59. The summed E-state index contributed by atoms with van der Waals surface area (Å²) in [7, 11) is 1.19. The Morgan fingerprint density at radius 3 is 2.46 bits per heavy atom. The molecule has 4 rings (SSSR count). The lowest BCUT2D eigenvalue weighted by Gasteiger charge is -2.28. The topological polar surface area (TPSA) is 85.8 Å². The summed E-state index contributed by atoms with van der Waals surface area (Å²) in [6.07, 6.45) is 9.04. The van der Waals surface area contributed by atoms with Crippen LogP contribution in [-0.4, -0.2) is 36.0 Å². The molecule has 196 valence electrons. The van der Waals surface area contributed by atoms with Gasteiger partial charge in [0.2, 0.25) is 0 Å². The number of aryl methyl sites for hydroxylation is 1. The van der Waals surface area contributed by atoms with Gasteiger partial charge in [0.1, 0.15) is 11.9 Å². The third kappa shape index (κ3) is 6.01. The molecule has 2 aliphatic carbocycles. The average Bonchev–Trinajstić information content (AvgIpc) is 3.41. The molecule has 1 saturated carbocycles. The zero-order chi connectivity index (χ0) is 26.5. The molecular weight excluding hydrogens is 499 g/mol. The summed E-state index contributed by atoms with van der Waals surface area (Å²) in [5, 5.41) is -0.129. The van der Waals surface area contributed by atoms with Gasteiger partial charge >= 0.3 is 11.9 Å². The van der Waals surface area contributed by atoms with Gasteiger partial charge in [0.05, 0.1) is 29.9 Å². The van der Waals surface area contributed by atoms with Gasteiger partial charge in [-0.05, 0) is 87.6 Å². The first-order chi connectivity index (χ1) is 17.8. The predicted octanol–water partition coefficient (Wildman–Crippen LogP) is 5.86. The average molecular weight is 529 g/mol. The quantitative estimate of drug-likeness (QED) is 0.418. The van der Waals surface area contributed by atoms with Gasteiger partial charge in [0.25, 0.3) is 5.91 Å². The van der Waals surface area contributed by atoms with Crippen LogP contribution >= 0.6 is 11.6 Å². The molecule has 0 atom stereocenters. The fraction of sp³-hybridized carbons (Fsp3) is 0.429. The van der Waals surface area contributed by atoms with Gasteiger partial charge in [0, 0.05) is 23.5 Å². The van der Waals surface area contributed by atoms with E-state index in [0.717, 1.165) is 50.2 Å². The van der Waals surface area contributed by atoms with Crippen LogP contribution in [0.25, 0.3) is 0 Å². The Morgan fingerprint density at radius 1 is 1.08 bits per heavy atom. The highest BCUT2D eigenvalue weighted by atomic mass is 35.5. The Balaban J connectivity index is 1.78. The van der Waals surface area contributed by atoms with Crippen LogP contribution in [0.1, 0.15) is 72.9 Å². The number of carbonyl (C=O) groups excluding carboxylic acids is 3. The summed E-state index contributed by atoms with van der Waals surface area (Å²) in [6.45, 7) is 1.84. The summed E-state index contributed by atoms with van der Waals surface area (Å²) in [5.74, 6) is -2.52. The van der Waals surface area contributed by atoms with Crippen molar-refractivity contribution in [3.63, 3.8) is 0 Å². The lowest BCUT2D eigenvalue weighted by molar-refractivity contribution is -0.144. The molecule has 1 fully saturated rings. The third-order valence-electron chi connectivity index (χ3n) is 7.00. The fourth-order valence-corrected chi connectivity index (χ4v) is 5.10. The molecule has 0 spiro atoms. The molecule has 9 heteroatoms. The van der Waals surface area contributed by atoms with E-state index in [1.807, 2.05) is 6.92 Å². The number of anilines is 1. The minimum absolute atomic E-state index is 0.0217. The SMILES string of the molecule is COC(=O)c1cc(N(Cc2cnccc2C)C(=O)C2=C(C(=O)OC3CCCC3)CCCC2)c(F)cc1Cl. The van der Waals surface area contributed by atoms with Crippen molar-refractivity contribution in [2.45, 2.75) is 70.9 Å². The van der Waals surface area contributed by atoms with E-state index in [2.05, 4.69) is 4.98 Å². The van der Waals surface area contributed by atoms with Gasteiger partial charge in [-0.25, -0.2) is 14.0 Å². The number of methoxy groups -OCH3 is 1. The first-order valence-corrected chi connectivity index (χ1v) is 12.9. The number of carbonyl (C=O) groups is 3. The summed E-state index contributed by atoms with van der Waals surface area (Å²) >= 11 is 6.11. The Bertz CT molecular complexity index is 1240. The molecule has 7 nitrogen and oxygen atoms in total. The number of halogens is 2. The Hall–Kier alpha value is -3.26. The Morgan fingerprint density at radius 2 is 1.78 bits per heavy atom. The minimum Gasteiger partial charge on any atom is -0.465 e. The molecular formula is C28H30ClFN2O5. The van der Waals surface area contributed by atoms with Crippen molar-refractivity contribution < 1.29 is 28.2 Å². The highest BCUT2D eigenvalue weighted by molar-refractivity contribution is 6.33. The van der Waals surface area contributed by atoms with E-state index >= 15 is 4.39 Å². The van der Waals surface area contributed by atoms with Crippen molar-refractivity contribution in [1.29, 1.82) is 0 Å². The number of rotatable bonds is 7. The number of aromatic nitrogens is 1. The predicted molar refractivity (Wildman–Crippen MR) is 137 cm³/mol. The zero-order valence-corrected chi connectivity index (χ0v) is 21.8. The van der Waals surface area contributed by atoms with Gasteiger partial charge in [-0.15, -0.1) is 0 Å². The van der Waals surface area contributed by atoms with Crippen molar-refractivity contribution in [3.8, 4) is 0 Å². The molecule has 0 N–H and O–H groups in total. The highest BCUT2D eigenvalue weighted by Crippen LogP contribution is 2.34. The number of amides is 1. The largest absolute Gasteiger partial charge is 0.465 e. The van der Waals surface area contributed by atoms with E-state index in [4.69, 9.17) is 21.1 Å². The number of nitrogens with zero attached hydrogens (tertiary/aromatic N) is 2. The van der Waals surface area contributed by atoms with Crippen molar-refractivity contribution in [2.75, 3.05) is 12.0 Å². The summed E-state index contributed by atoms with van der Waals surface area (Å²) < 4.78 is 25.9. The van der Waals surface area contributed by atoms with E-state index in [9.17, 15) is 14.4 Å². The number of hydrogen-bond donors (Lipinski definition) is 0. The molecule has 2 aromatic rings. The van der Waals surface area contributed by atoms with Crippen LogP contribution in [0.15, 0.2) is 41.7 Å². The van der Waals surface area contributed by atoms with Crippen molar-refractivity contribution in [1.82, 2.24) is 4.98 Å². The van der Waals surface area contributed by atoms with Crippen molar-refractivity contribution >= 4 is 35.1 Å². The number of esters is 2. The number of benzene rings is 1. The molecule has 1 aromatic heterocycles. The van der Waals surface area contributed by atoms with Crippen LogP contribution in [0.5, 0.6) is 0 Å². The van der Waals surface area contributed by atoms with Crippen LogP contribution in [0.3, 0.4) is 0 Å². The van der Waals surface area contributed by atoms with Gasteiger partial charge in [-0.2, -0.15) is 0 Å². The zero-order valence-electron chi connectivity index (χ0n) is 21.0. The van der Waals surface area contributed by atoms with Gasteiger partial charge in [-0.3, -0.25) is 9.78 Å². The fourth-order valence-electron chi connectivity index (χ4n) is 4.87. The molecule has 37 heavy (non-hydrogen) atoms. The van der Waals surface area contributed by atoms with E-state index in [1.165, 1.54) is 18.1 Å². The molecule has 2 aliphatic rings. The smallest absolute Gasteiger partial charge is 0.339 e. The molecule has 1 heterocycles. The molecule has 0 bridgehead atoms. The lowest BCUT2D eigenvalue weighted by atomic mass is 9.90. The maximum atomic E-state index is 15.4. The maximum absolute atomic E-state index is 15.4. The number of pyridine rings is 1. The summed E-state index contributed by atoms with van der Waals surface area (Å²) in [4.78, 5) is 44.9. The molecule has 0 radical (unpaired) electrons. The van der Waals surface area contributed by atoms with Gasteiger partial charge < -0.3 is 14.4 Å². The molecule has 1 aromatic carbocycles. The lowest BCUT2D eigenvalue weighted by Crippen LogP contribution is -2.35. The van der Waals surface area contributed by atoms with Crippen LogP contribution in [-0.2, 0) is 25.6 Å². The summed E-state index contributed by atoms with van der Waals surface area (Å²) in [5.41, 5.74) is 1.99. The minimum atomic E-state index is -0.779. The molecule has 0 saturated heterocycles. The molecule has 0 aliphatic heterocycles. The second-order valence-electron chi connectivity index (χ2n) is 9.44. The van der Waals surface area contributed by atoms with E-state index in [0.29, 0.717) is 29.6 Å². The normalized spacial score (nSPS) is 16.0. The third-order valence-corrected chi connectivity index (χ3v) is 7.31. The first-order valence-electron chi connectivity index (χ1n) is 12.5. The number of ether oxygens (including phenoxy) is 2. The van der Waals surface area contributed by atoms with Crippen LogP contribution in [0.4, 0.5) is 10.1 Å². The van der Waals surface area contributed by atoms with E-state index in [-0.39, 0.29) is 28.9 Å². The standard InChI is InChI=1S/C28H30ClFN2O5/c1-17-11-12-31-15-18(17)16-32(25-13-22(27(34)36-2)23(29)14-24(25)30)26(33)20-9-5-6-10-21(20)28(35)37-19-7-3-4-8-19/h11-15,19H,3-10,16H2,1-2H3. The van der Waals surface area contributed by atoms with E-state index < -0.39 is 23.7 Å². The first kappa shape index (κ1) is 26.8. The monoisotopic (exact) mass is 528 g/mol. The number of hydrogen-bond acceptors (Lipinski definition) is 6. The second kappa shape index (κ2) is 11.9. The van der Waals surface area contributed by atoms with E-state index in [1.54, 1.807) is 18.5 Å². The van der Waals surface area contributed by atoms with Crippen LogP contribution in [0.2, 0.25) is 5.02 Å². The Labute approximate surface area is 220 Å². The van der Waals surface area contributed by atoms with Crippen molar-refractivity contribution in [2.24, 2.45) is 0 Å². The molecule has 0 unspecified atom stereocenters. The van der Waals surface area contributed by atoms with Gasteiger partial charge in [0.15, 0.2) is 0 Å². The van der Waals surface area contributed by atoms with Gasteiger partial charge in [-0.1, -0.05) is 11.6 Å². The van der Waals surface area contributed by atoms with Crippen LogP contribution in [0, 0.1) is 12.7 Å². The molecule has 1 amide bonds. The summed E-state index contributed by atoms with van der Waals surface area (Å²) in [6, 6.07) is 4.00.